The highest BCUT2D eigenvalue weighted by atomic mass is 16.6. The van der Waals surface area contributed by atoms with E-state index in [4.69, 9.17) is 4.74 Å². The molecule has 0 radical (unpaired) electrons. The van der Waals surface area contributed by atoms with Gasteiger partial charge in [-0.15, -0.1) is 0 Å². The Bertz CT molecular complexity index is 620. The van der Waals surface area contributed by atoms with E-state index in [1.54, 1.807) is 24.3 Å². The van der Waals surface area contributed by atoms with Crippen molar-refractivity contribution in [2.75, 3.05) is 0 Å². The van der Waals surface area contributed by atoms with Crippen LogP contribution in [0.15, 0.2) is 36.4 Å². The van der Waals surface area contributed by atoms with Crippen molar-refractivity contribution in [3.8, 4) is 23.0 Å². The van der Waals surface area contributed by atoms with Gasteiger partial charge in [0, 0.05) is 11.6 Å². The molecule has 19 heavy (non-hydrogen) atoms. The van der Waals surface area contributed by atoms with E-state index in [9.17, 15) is 20.4 Å². The van der Waals surface area contributed by atoms with Gasteiger partial charge in [0.1, 0.15) is 23.7 Å². The molecule has 0 unspecified atom stereocenters. The van der Waals surface area contributed by atoms with Gasteiger partial charge in [0.25, 0.3) is 0 Å². The molecule has 2 aromatic rings. The predicted molar refractivity (Wildman–Crippen MR) is 66.1 cm³/mol. The van der Waals surface area contributed by atoms with Gasteiger partial charge in [-0.1, -0.05) is 12.1 Å². The molecule has 0 saturated carbocycles. The Hall–Kier alpha value is -2.40. The summed E-state index contributed by atoms with van der Waals surface area (Å²) in [6.45, 7) is 0. The van der Waals surface area contributed by atoms with Crippen molar-refractivity contribution in [3.05, 3.63) is 47.5 Å². The standard InChI is InChI=1S/C14H12O5/c15-8-3-1-7(2-4-8)13-14(19-13)10-5-9(16)6-11(17)12(10)18/h1-6,13-18H/t13-,14-/m1/s1. The minimum atomic E-state index is -0.414. The smallest absolute Gasteiger partial charge is 0.163 e. The molecular formula is C14H12O5. The molecule has 1 aliphatic heterocycles. The van der Waals surface area contributed by atoms with E-state index in [-0.39, 0.29) is 29.1 Å². The number of phenolic OH excluding ortho intramolecular Hbond substituents is 4. The Kier molecular flexibility index (Phi) is 2.50. The molecule has 0 aliphatic carbocycles. The van der Waals surface area contributed by atoms with Gasteiger partial charge in [0.05, 0.1) is 0 Å². The lowest BCUT2D eigenvalue weighted by atomic mass is 10.0. The SMILES string of the molecule is Oc1ccc([C@H]2O[C@@H]2c2cc(O)cc(O)c2O)cc1. The van der Waals surface area contributed by atoms with E-state index < -0.39 is 6.10 Å². The van der Waals surface area contributed by atoms with Gasteiger partial charge in [0.2, 0.25) is 0 Å². The zero-order chi connectivity index (χ0) is 13.6. The highest BCUT2D eigenvalue weighted by molar-refractivity contribution is 5.52. The van der Waals surface area contributed by atoms with Gasteiger partial charge in [-0.25, -0.2) is 0 Å². The molecule has 0 spiro atoms. The zero-order valence-corrected chi connectivity index (χ0v) is 9.82. The van der Waals surface area contributed by atoms with Crippen molar-refractivity contribution in [1.29, 1.82) is 0 Å². The maximum atomic E-state index is 9.76. The van der Waals surface area contributed by atoms with E-state index in [0.717, 1.165) is 11.6 Å². The Morgan fingerprint density at radius 1 is 0.789 bits per heavy atom. The Morgan fingerprint density at radius 3 is 2.16 bits per heavy atom. The van der Waals surface area contributed by atoms with Crippen LogP contribution in [0, 0.1) is 0 Å². The van der Waals surface area contributed by atoms with E-state index in [0.29, 0.717) is 5.56 Å². The summed E-state index contributed by atoms with van der Waals surface area (Å²) in [5, 5.41) is 37.9. The first-order valence-electron chi connectivity index (χ1n) is 5.75. The van der Waals surface area contributed by atoms with Crippen LogP contribution >= 0.6 is 0 Å². The molecule has 1 heterocycles. The molecule has 2 atom stereocenters. The summed E-state index contributed by atoms with van der Waals surface area (Å²) in [5.74, 6) is -0.636. The van der Waals surface area contributed by atoms with Crippen LogP contribution in [0.2, 0.25) is 0 Å². The topological polar surface area (TPSA) is 93.5 Å². The van der Waals surface area contributed by atoms with E-state index >= 15 is 0 Å². The van der Waals surface area contributed by atoms with E-state index in [1.165, 1.54) is 6.07 Å². The minimum Gasteiger partial charge on any atom is -0.508 e. The number of hydrogen-bond acceptors (Lipinski definition) is 5. The van der Waals surface area contributed by atoms with Gasteiger partial charge >= 0.3 is 0 Å². The Labute approximate surface area is 109 Å². The summed E-state index contributed by atoms with van der Waals surface area (Å²) >= 11 is 0. The highest BCUT2D eigenvalue weighted by Gasteiger charge is 2.43. The molecule has 3 rings (SSSR count). The zero-order valence-electron chi connectivity index (χ0n) is 9.82. The third-order valence-corrected chi connectivity index (χ3v) is 3.12. The molecule has 98 valence electrons. The van der Waals surface area contributed by atoms with E-state index in [2.05, 4.69) is 0 Å². The lowest BCUT2D eigenvalue weighted by Crippen LogP contribution is -1.86. The fraction of sp³-hybridized carbons (Fsp3) is 0.143. The first-order valence-corrected chi connectivity index (χ1v) is 5.75. The maximum Gasteiger partial charge on any atom is 0.163 e. The van der Waals surface area contributed by atoms with Crippen molar-refractivity contribution in [1.82, 2.24) is 0 Å². The number of ether oxygens (including phenoxy) is 1. The maximum absolute atomic E-state index is 9.76. The quantitative estimate of drug-likeness (QED) is 0.378. The monoisotopic (exact) mass is 260 g/mol. The van der Waals surface area contributed by atoms with Crippen molar-refractivity contribution in [2.24, 2.45) is 0 Å². The van der Waals surface area contributed by atoms with Crippen LogP contribution in [0.25, 0.3) is 0 Å². The number of epoxide rings is 1. The first kappa shape index (κ1) is 11.7. The van der Waals surface area contributed by atoms with Gasteiger partial charge in [0.15, 0.2) is 11.5 Å². The number of phenols is 4. The van der Waals surface area contributed by atoms with E-state index in [1.807, 2.05) is 0 Å². The fourth-order valence-corrected chi connectivity index (χ4v) is 2.11. The molecule has 1 aliphatic rings. The number of benzene rings is 2. The Morgan fingerprint density at radius 2 is 1.47 bits per heavy atom. The molecule has 0 aromatic heterocycles. The third-order valence-electron chi connectivity index (χ3n) is 3.12. The molecule has 2 aromatic carbocycles. The average molecular weight is 260 g/mol. The van der Waals surface area contributed by atoms with Gasteiger partial charge in [-0.2, -0.15) is 0 Å². The molecule has 4 N–H and O–H groups in total. The van der Waals surface area contributed by atoms with Crippen LogP contribution < -0.4 is 0 Å². The van der Waals surface area contributed by atoms with Crippen LogP contribution in [0.3, 0.4) is 0 Å². The molecule has 5 heteroatoms. The number of aromatic hydroxyl groups is 4. The van der Waals surface area contributed by atoms with Crippen molar-refractivity contribution in [3.63, 3.8) is 0 Å². The molecule has 1 fully saturated rings. The molecular weight excluding hydrogens is 248 g/mol. The van der Waals surface area contributed by atoms with Crippen LogP contribution in [-0.2, 0) is 4.74 Å². The summed E-state index contributed by atoms with van der Waals surface area (Å²) in [4.78, 5) is 0. The highest BCUT2D eigenvalue weighted by Crippen LogP contribution is 2.55. The molecule has 0 amide bonds. The normalized spacial score (nSPS) is 21.3. The van der Waals surface area contributed by atoms with Gasteiger partial charge < -0.3 is 25.2 Å². The van der Waals surface area contributed by atoms with Crippen LogP contribution in [0.1, 0.15) is 23.3 Å². The van der Waals surface area contributed by atoms with Crippen LogP contribution in [-0.4, -0.2) is 20.4 Å². The van der Waals surface area contributed by atoms with Crippen LogP contribution in [0.5, 0.6) is 23.0 Å². The minimum absolute atomic E-state index is 0.134. The predicted octanol–water partition coefficient (Wildman–Crippen LogP) is 2.32. The Balaban J connectivity index is 1.89. The third kappa shape index (κ3) is 2.04. The summed E-state index contributed by atoms with van der Waals surface area (Å²) in [6, 6.07) is 8.97. The lowest BCUT2D eigenvalue weighted by Gasteiger charge is -2.04. The number of rotatable bonds is 2. The molecule has 1 saturated heterocycles. The lowest BCUT2D eigenvalue weighted by molar-refractivity contribution is 0.359. The second-order valence-corrected chi connectivity index (χ2v) is 4.47. The van der Waals surface area contributed by atoms with Gasteiger partial charge in [-0.05, 0) is 23.8 Å². The second-order valence-electron chi connectivity index (χ2n) is 4.47. The van der Waals surface area contributed by atoms with Crippen LogP contribution in [0.4, 0.5) is 0 Å². The molecule has 0 bridgehead atoms. The fourth-order valence-electron chi connectivity index (χ4n) is 2.11. The van der Waals surface area contributed by atoms with Gasteiger partial charge in [-0.3, -0.25) is 0 Å². The molecule has 5 nitrogen and oxygen atoms in total. The summed E-state index contributed by atoms with van der Waals surface area (Å²) in [6.07, 6.45) is -0.671. The number of hydrogen-bond donors (Lipinski definition) is 4. The summed E-state index contributed by atoms with van der Waals surface area (Å²) < 4.78 is 5.46. The van der Waals surface area contributed by atoms with Crippen molar-refractivity contribution in [2.45, 2.75) is 12.2 Å². The largest absolute Gasteiger partial charge is 0.508 e. The van der Waals surface area contributed by atoms with Crippen molar-refractivity contribution >= 4 is 0 Å². The van der Waals surface area contributed by atoms with Crippen molar-refractivity contribution < 1.29 is 25.2 Å². The second kappa shape index (κ2) is 4.07. The summed E-state index contributed by atoms with van der Waals surface area (Å²) in [7, 11) is 0. The summed E-state index contributed by atoms with van der Waals surface area (Å²) in [5.41, 5.74) is 1.20. The average Bonchev–Trinajstić information content (AvgIpc) is 3.15. The first-order chi connectivity index (χ1) is 9.06.